The molecule has 1 aliphatic carbocycles. The molecule has 1 saturated carbocycles. The third-order valence-electron chi connectivity index (χ3n) is 5.38. The number of rotatable bonds is 3. The number of fused-ring (bicyclic) bond motifs is 1. The Labute approximate surface area is 153 Å². The van der Waals surface area contributed by atoms with Crippen LogP contribution in [0.2, 0.25) is 0 Å². The van der Waals surface area contributed by atoms with E-state index in [1.54, 1.807) is 24.3 Å². The van der Waals surface area contributed by atoms with E-state index in [1.165, 1.54) is 17.0 Å². The fourth-order valence-corrected chi connectivity index (χ4v) is 3.95. The summed E-state index contributed by atoms with van der Waals surface area (Å²) in [4.78, 5) is 26.4. The van der Waals surface area contributed by atoms with Crippen LogP contribution in [-0.4, -0.2) is 29.3 Å². The molecule has 140 valence electrons. The number of nitrogens with zero attached hydrogens (tertiary/aromatic N) is 1. The first-order chi connectivity index (χ1) is 12.8. The van der Waals surface area contributed by atoms with Crippen LogP contribution in [0.5, 0.6) is 0 Å². The number of carbonyl (C=O) groups is 2. The van der Waals surface area contributed by atoms with Gasteiger partial charge in [-0.3, -0.25) is 9.59 Å². The first-order valence-electron chi connectivity index (χ1n) is 8.64. The molecule has 2 aromatic rings. The first-order valence-corrected chi connectivity index (χ1v) is 8.64. The maximum absolute atomic E-state index is 13.1. The number of nitrogens with two attached hydrogens (primary N) is 1. The van der Waals surface area contributed by atoms with Crippen molar-refractivity contribution in [3.05, 3.63) is 59.7 Å². The fraction of sp³-hybridized carbons (Fsp3) is 0.300. The summed E-state index contributed by atoms with van der Waals surface area (Å²) < 4.78 is 38.4. The van der Waals surface area contributed by atoms with E-state index < -0.39 is 23.7 Å². The topological polar surface area (TPSA) is 63.4 Å². The fourth-order valence-electron chi connectivity index (χ4n) is 3.95. The molecule has 0 unspecified atom stereocenters. The van der Waals surface area contributed by atoms with Gasteiger partial charge in [-0.15, -0.1) is 0 Å². The molecule has 0 spiro atoms. The third kappa shape index (κ3) is 3.07. The lowest BCUT2D eigenvalue weighted by Gasteiger charge is -2.26. The van der Waals surface area contributed by atoms with E-state index in [1.807, 2.05) is 0 Å². The lowest BCUT2D eigenvalue weighted by Crippen LogP contribution is -2.46. The predicted octanol–water partition coefficient (Wildman–Crippen LogP) is 3.32. The zero-order valence-electron chi connectivity index (χ0n) is 14.2. The van der Waals surface area contributed by atoms with Crippen molar-refractivity contribution >= 4 is 11.8 Å². The molecule has 2 aromatic carbocycles. The zero-order valence-corrected chi connectivity index (χ0v) is 14.2. The van der Waals surface area contributed by atoms with E-state index in [0.717, 1.165) is 18.6 Å². The van der Waals surface area contributed by atoms with Gasteiger partial charge in [-0.1, -0.05) is 30.3 Å². The van der Waals surface area contributed by atoms with Gasteiger partial charge >= 0.3 is 6.18 Å². The molecule has 0 aromatic heterocycles. The van der Waals surface area contributed by atoms with Gasteiger partial charge in [0, 0.05) is 12.1 Å². The number of hydrogen-bond acceptors (Lipinski definition) is 2. The van der Waals surface area contributed by atoms with Gasteiger partial charge < -0.3 is 10.6 Å². The summed E-state index contributed by atoms with van der Waals surface area (Å²) in [6.45, 7) is 0.485. The van der Waals surface area contributed by atoms with Crippen molar-refractivity contribution in [2.75, 3.05) is 6.54 Å². The SMILES string of the molecule is NC(=O)[C@@H]1[C@@H]2C[C@@H]2CN1C(=O)c1ccccc1-c1ccc(C(F)(F)F)cc1. The Kier molecular flexibility index (Phi) is 3.98. The van der Waals surface area contributed by atoms with Crippen LogP contribution in [0, 0.1) is 11.8 Å². The van der Waals surface area contributed by atoms with Crippen LogP contribution in [0.4, 0.5) is 13.2 Å². The summed E-state index contributed by atoms with van der Waals surface area (Å²) in [5.74, 6) is -0.392. The number of carbonyl (C=O) groups excluding carboxylic acids is 2. The number of piperidine rings is 1. The van der Waals surface area contributed by atoms with Gasteiger partial charge in [-0.25, -0.2) is 0 Å². The van der Waals surface area contributed by atoms with Gasteiger partial charge in [0.2, 0.25) is 5.91 Å². The number of amides is 2. The first kappa shape index (κ1) is 17.6. The van der Waals surface area contributed by atoms with Crippen LogP contribution < -0.4 is 5.73 Å². The number of benzene rings is 2. The Hall–Kier alpha value is -2.83. The van der Waals surface area contributed by atoms with Gasteiger partial charge in [-0.2, -0.15) is 13.2 Å². The van der Waals surface area contributed by atoms with Crippen LogP contribution in [0.15, 0.2) is 48.5 Å². The van der Waals surface area contributed by atoms with Crippen molar-refractivity contribution in [1.82, 2.24) is 4.90 Å². The molecule has 27 heavy (non-hydrogen) atoms. The Morgan fingerprint density at radius 1 is 1.04 bits per heavy atom. The Balaban J connectivity index is 1.67. The third-order valence-corrected chi connectivity index (χ3v) is 5.38. The number of likely N-dealkylation sites (tertiary alicyclic amines) is 1. The summed E-state index contributed by atoms with van der Waals surface area (Å²) in [5.41, 5.74) is 6.13. The van der Waals surface area contributed by atoms with Crippen LogP contribution in [0.25, 0.3) is 11.1 Å². The molecule has 2 N–H and O–H groups in total. The van der Waals surface area contributed by atoms with Crippen molar-refractivity contribution in [3.8, 4) is 11.1 Å². The normalized spacial score (nSPS) is 23.8. The molecule has 2 amide bonds. The van der Waals surface area contributed by atoms with Gasteiger partial charge in [0.1, 0.15) is 6.04 Å². The highest BCUT2D eigenvalue weighted by Gasteiger charge is 2.56. The molecular weight excluding hydrogens is 357 g/mol. The standard InChI is InChI=1S/C20H17F3N2O2/c21-20(22,23)13-7-5-11(6-8-13)14-3-1-2-4-15(14)19(27)25-10-12-9-16(12)17(25)18(24)26/h1-8,12,16-17H,9-10H2,(H2,24,26)/t12-,16-,17+/m1/s1. The van der Waals surface area contributed by atoms with E-state index in [0.29, 0.717) is 29.2 Å². The highest BCUT2D eigenvalue weighted by molar-refractivity contribution is 6.03. The van der Waals surface area contributed by atoms with E-state index in [2.05, 4.69) is 0 Å². The van der Waals surface area contributed by atoms with Gasteiger partial charge in [0.15, 0.2) is 0 Å². The van der Waals surface area contributed by atoms with Crippen molar-refractivity contribution < 1.29 is 22.8 Å². The Morgan fingerprint density at radius 3 is 2.33 bits per heavy atom. The molecule has 2 fully saturated rings. The maximum Gasteiger partial charge on any atom is 0.416 e. The molecule has 1 saturated heterocycles. The molecular formula is C20H17F3N2O2. The second-order valence-corrected chi connectivity index (χ2v) is 7.09. The van der Waals surface area contributed by atoms with E-state index in [-0.39, 0.29) is 11.8 Å². The van der Waals surface area contributed by atoms with E-state index in [4.69, 9.17) is 5.73 Å². The molecule has 0 bridgehead atoms. The number of hydrogen-bond donors (Lipinski definition) is 1. The summed E-state index contributed by atoms with van der Waals surface area (Å²) >= 11 is 0. The lowest BCUT2D eigenvalue weighted by atomic mass is 9.97. The largest absolute Gasteiger partial charge is 0.416 e. The number of primary amides is 1. The number of alkyl halides is 3. The minimum absolute atomic E-state index is 0.129. The van der Waals surface area contributed by atoms with E-state index >= 15 is 0 Å². The maximum atomic E-state index is 13.1. The minimum atomic E-state index is -4.42. The average molecular weight is 374 g/mol. The Morgan fingerprint density at radius 2 is 1.70 bits per heavy atom. The van der Waals surface area contributed by atoms with Crippen molar-refractivity contribution in [1.29, 1.82) is 0 Å². The van der Waals surface area contributed by atoms with Crippen molar-refractivity contribution in [2.24, 2.45) is 17.6 Å². The summed E-state index contributed by atoms with van der Waals surface area (Å²) in [6, 6.07) is 10.8. The molecule has 3 atom stereocenters. The molecule has 1 aliphatic heterocycles. The van der Waals surface area contributed by atoms with Gasteiger partial charge in [0.25, 0.3) is 5.91 Å². The van der Waals surface area contributed by atoms with Crippen LogP contribution >= 0.6 is 0 Å². The second-order valence-electron chi connectivity index (χ2n) is 7.09. The molecule has 4 nitrogen and oxygen atoms in total. The van der Waals surface area contributed by atoms with Crippen LogP contribution in [-0.2, 0) is 11.0 Å². The lowest BCUT2D eigenvalue weighted by molar-refractivity contribution is -0.137. The molecule has 4 rings (SSSR count). The molecule has 0 radical (unpaired) electrons. The monoisotopic (exact) mass is 374 g/mol. The van der Waals surface area contributed by atoms with Crippen LogP contribution in [0.1, 0.15) is 22.3 Å². The van der Waals surface area contributed by atoms with Gasteiger partial charge in [0.05, 0.1) is 5.56 Å². The Bertz CT molecular complexity index is 908. The highest BCUT2D eigenvalue weighted by Crippen LogP contribution is 2.50. The number of halogens is 3. The van der Waals surface area contributed by atoms with Crippen LogP contribution in [0.3, 0.4) is 0 Å². The summed E-state index contributed by atoms with van der Waals surface area (Å²) in [5, 5.41) is 0. The predicted molar refractivity (Wildman–Crippen MR) is 92.5 cm³/mol. The quantitative estimate of drug-likeness (QED) is 0.896. The van der Waals surface area contributed by atoms with E-state index in [9.17, 15) is 22.8 Å². The van der Waals surface area contributed by atoms with Crippen molar-refractivity contribution in [2.45, 2.75) is 18.6 Å². The van der Waals surface area contributed by atoms with Crippen molar-refractivity contribution in [3.63, 3.8) is 0 Å². The second kappa shape index (κ2) is 6.11. The smallest absolute Gasteiger partial charge is 0.368 e. The highest BCUT2D eigenvalue weighted by atomic mass is 19.4. The molecule has 7 heteroatoms. The zero-order chi connectivity index (χ0) is 19.3. The average Bonchev–Trinajstić information content (AvgIpc) is 3.29. The van der Waals surface area contributed by atoms with Gasteiger partial charge in [-0.05, 0) is 47.6 Å². The molecule has 2 aliphatic rings. The summed E-state index contributed by atoms with van der Waals surface area (Å²) in [6.07, 6.45) is -3.52. The minimum Gasteiger partial charge on any atom is -0.368 e. The molecule has 1 heterocycles. The summed E-state index contributed by atoms with van der Waals surface area (Å²) in [7, 11) is 0.